The molecule has 0 aromatic rings. The lowest BCUT2D eigenvalue weighted by atomic mass is 9.73. The average Bonchev–Trinajstić information content (AvgIpc) is 2.26. The number of esters is 2. The van der Waals surface area contributed by atoms with E-state index in [2.05, 4.69) is 9.47 Å². The molecule has 0 heterocycles. The van der Waals surface area contributed by atoms with Gasteiger partial charge in [-0.05, 0) is 18.8 Å². The molecule has 12 heteroatoms. The Morgan fingerprint density at radius 3 is 1.43 bits per heavy atom. The minimum Gasteiger partial charge on any atom is -0.373 e. The van der Waals surface area contributed by atoms with Gasteiger partial charge in [-0.2, -0.15) is 0 Å². The second kappa shape index (κ2) is 6.11. The summed E-state index contributed by atoms with van der Waals surface area (Å²) in [5, 5.41) is 0. The van der Waals surface area contributed by atoms with Crippen molar-refractivity contribution >= 4 is 11.9 Å². The highest BCUT2D eigenvalue weighted by molar-refractivity contribution is 5.79. The maximum Gasteiger partial charge on any atom is 0.575 e. The Morgan fingerprint density at radius 2 is 1.17 bits per heavy atom. The summed E-state index contributed by atoms with van der Waals surface area (Å²) in [5.74, 6) is -15.5. The first-order chi connectivity index (χ1) is 10.1. The number of halogens is 8. The van der Waals surface area contributed by atoms with Crippen LogP contribution in [-0.4, -0.2) is 30.6 Å². The molecule has 0 amide bonds. The van der Waals surface area contributed by atoms with Crippen LogP contribution in [0, 0.1) is 17.8 Å². The molecule has 134 valence electrons. The normalized spacial score (nSPS) is 28.1. The standard InChI is InChI=1S/C11H10F8O4/c1-4-2-5(7(20)22-10(14,15)16)9(12,13)6(3-4)8(21)23-11(17,18)19/h4-6H,2-3H2,1H3. The van der Waals surface area contributed by atoms with E-state index in [-0.39, 0.29) is 0 Å². The van der Waals surface area contributed by atoms with Crippen LogP contribution in [0.25, 0.3) is 0 Å². The van der Waals surface area contributed by atoms with Gasteiger partial charge < -0.3 is 9.47 Å². The van der Waals surface area contributed by atoms with Gasteiger partial charge in [0.1, 0.15) is 11.8 Å². The molecule has 1 saturated carbocycles. The van der Waals surface area contributed by atoms with Crippen LogP contribution in [0.15, 0.2) is 0 Å². The summed E-state index contributed by atoms with van der Waals surface area (Å²) >= 11 is 0. The van der Waals surface area contributed by atoms with Crippen LogP contribution in [0.2, 0.25) is 0 Å². The fourth-order valence-electron chi connectivity index (χ4n) is 2.34. The van der Waals surface area contributed by atoms with Gasteiger partial charge in [0.2, 0.25) is 0 Å². The Morgan fingerprint density at radius 1 is 0.870 bits per heavy atom. The molecule has 4 nitrogen and oxygen atoms in total. The van der Waals surface area contributed by atoms with E-state index in [1.54, 1.807) is 0 Å². The fraction of sp³-hybridized carbons (Fsp3) is 0.818. The van der Waals surface area contributed by atoms with E-state index in [0.29, 0.717) is 0 Å². The summed E-state index contributed by atoms with van der Waals surface area (Å²) in [7, 11) is 0. The van der Waals surface area contributed by atoms with Gasteiger partial charge in [-0.15, -0.1) is 26.3 Å². The Labute approximate surface area is 123 Å². The molecule has 2 atom stereocenters. The highest BCUT2D eigenvalue weighted by atomic mass is 19.4. The minimum absolute atomic E-state index is 0.780. The number of alkyl halides is 8. The number of carbonyl (C=O) groups excluding carboxylic acids is 2. The van der Waals surface area contributed by atoms with Gasteiger partial charge in [0.25, 0.3) is 5.92 Å². The van der Waals surface area contributed by atoms with Crippen LogP contribution in [0.3, 0.4) is 0 Å². The summed E-state index contributed by atoms with van der Waals surface area (Å²) < 4.78 is 106. The third-order valence-electron chi connectivity index (χ3n) is 3.21. The third kappa shape index (κ3) is 5.20. The molecule has 0 saturated heterocycles. The van der Waals surface area contributed by atoms with Gasteiger partial charge >= 0.3 is 24.7 Å². The molecule has 0 aliphatic heterocycles. The van der Waals surface area contributed by atoms with E-state index in [9.17, 15) is 44.7 Å². The second-order valence-corrected chi connectivity index (χ2v) is 5.09. The van der Waals surface area contributed by atoms with E-state index in [0.717, 1.165) is 0 Å². The molecular weight excluding hydrogens is 348 g/mol. The zero-order valence-electron chi connectivity index (χ0n) is 11.3. The van der Waals surface area contributed by atoms with E-state index in [1.807, 2.05) is 0 Å². The summed E-state index contributed by atoms with van der Waals surface area (Å²) in [6.45, 7) is 1.19. The zero-order valence-corrected chi connectivity index (χ0v) is 11.3. The largest absolute Gasteiger partial charge is 0.575 e. The highest BCUT2D eigenvalue weighted by Gasteiger charge is 2.60. The van der Waals surface area contributed by atoms with Gasteiger partial charge in [0.15, 0.2) is 0 Å². The highest BCUT2D eigenvalue weighted by Crippen LogP contribution is 2.47. The molecular formula is C11H10F8O4. The summed E-state index contributed by atoms with van der Waals surface area (Å²) in [5.41, 5.74) is 0. The summed E-state index contributed by atoms with van der Waals surface area (Å²) in [6.07, 6.45) is -12.6. The first-order valence-electron chi connectivity index (χ1n) is 6.10. The molecule has 0 spiro atoms. The predicted molar refractivity (Wildman–Crippen MR) is 54.6 cm³/mol. The van der Waals surface area contributed by atoms with Crippen molar-refractivity contribution in [3.8, 4) is 0 Å². The van der Waals surface area contributed by atoms with Crippen LogP contribution in [0.5, 0.6) is 0 Å². The summed E-state index contributed by atoms with van der Waals surface area (Å²) in [4.78, 5) is 22.5. The first kappa shape index (κ1) is 19.4. The Bertz CT molecular complexity index is 430. The number of carbonyl (C=O) groups is 2. The SMILES string of the molecule is CC1CC(C(=O)OC(F)(F)F)C(F)(F)C(C(=O)OC(F)(F)F)C1. The molecule has 1 fully saturated rings. The van der Waals surface area contributed by atoms with Gasteiger partial charge in [-0.1, -0.05) is 6.92 Å². The molecule has 0 bridgehead atoms. The topological polar surface area (TPSA) is 52.6 Å². The van der Waals surface area contributed by atoms with Crippen molar-refractivity contribution in [3.63, 3.8) is 0 Å². The van der Waals surface area contributed by atoms with Crippen molar-refractivity contribution in [3.05, 3.63) is 0 Å². The molecule has 1 aliphatic carbocycles. The predicted octanol–water partition coefficient (Wildman–Crippen LogP) is 3.41. The van der Waals surface area contributed by atoms with Crippen LogP contribution in [-0.2, 0) is 19.1 Å². The smallest absolute Gasteiger partial charge is 0.373 e. The number of ether oxygens (including phenoxy) is 2. The van der Waals surface area contributed by atoms with E-state index in [4.69, 9.17) is 0 Å². The zero-order chi connectivity index (χ0) is 18.2. The quantitative estimate of drug-likeness (QED) is 0.561. The Kier molecular flexibility index (Phi) is 5.16. The number of hydrogen-bond donors (Lipinski definition) is 0. The maximum absolute atomic E-state index is 14.0. The Balaban J connectivity index is 3.02. The maximum atomic E-state index is 14.0. The Hall–Kier alpha value is -1.62. The molecule has 2 unspecified atom stereocenters. The molecule has 0 radical (unpaired) electrons. The van der Waals surface area contributed by atoms with Gasteiger partial charge in [-0.3, -0.25) is 9.59 Å². The van der Waals surface area contributed by atoms with Gasteiger partial charge in [-0.25, -0.2) is 8.78 Å². The van der Waals surface area contributed by atoms with E-state index < -0.39 is 61.2 Å². The lowest BCUT2D eigenvalue weighted by Crippen LogP contribution is -2.51. The van der Waals surface area contributed by atoms with E-state index in [1.165, 1.54) is 6.92 Å². The van der Waals surface area contributed by atoms with Crippen molar-refractivity contribution in [2.24, 2.45) is 17.8 Å². The average molecular weight is 358 g/mol. The van der Waals surface area contributed by atoms with Crippen molar-refractivity contribution in [1.29, 1.82) is 0 Å². The van der Waals surface area contributed by atoms with Crippen molar-refractivity contribution in [1.82, 2.24) is 0 Å². The molecule has 23 heavy (non-hydrogen) atoms. The van der Waals surface area contributed by atoms with Crippen molar-refractivity contribution in [2.75, 3.05) is 0 Å². The van der Waals surface area contributed by atoms with Crippen LogP contribution in [0.4, 0.5) is 35.1 Å². The number of hydrogen-bond acceptors (Lipinski definition) is 4. The number of rotatable bonds is 2. The lowest BCUT2D eigenvalue weighted by molar-refractivity contribution is -0.317. The van der Waals surface area contributed by atoms with Gasteiger partial charge in [0, 0.05) is 0 Å². The van der Waals surface area contributed by atoms with Crippen molar-refractivity contribution < 1.29 is 54.2 Å². The van der Waals surface area contributed by atoms with Gasteiger partial charge in [0.05, 0.1) is 0 Å². The fourth-order valence-corrected chi connectivity index (χ4v) is 2.34. The lowest BCUT2D eigenvalue weighted by Gasteiger charge is -2.38. The second-order valence-electron chi connectivity index (χ2n) is 5.09. The molecule has 0 aromatic heterocycles. The third-order valence-corrected chi connectivity index (χ3v) is 3.21. The molecule has 1 rings (SSSR count). The van der Waals surface area contributed by atoms with E-state index >= 15 is 0 Å². The molecule has 1 aliphatic rings. The van der Waals surface area contributed by atoms with Crippen LogP contribution in [0.1, 0.15) is 19.8 Å². The first-order valence-corrected chi connectivity index (χ1v) is 6.10. The van der Waals surface area contributed by atoms with Crippen LogP contribution < -0.4 is 0 Å². The molecule has 0 aromatic carbocycles. The minimum atomic E-state index is -5.53. The van der Waals surface area contributed by atoms with Crippen molar-refractivity contribution in [2.45, 2.75) is 38.4 Å². The molecule has 0 N–H and O–H groups in total. The van der Waals surface area contributed by atoms with Crippen LogP contribution >= 0.6 is 0 Å². The monoisotopic (exact) mass is 358 g/mol. The summed E-state index contributed by atoms with van der Waals surface area (Å²) in [6, 6.07) is 0.